The van der Waals surface area contributed by atoms with Gasteiger partial charge in [-0.15, -0.1) is 0 Å². The minimum Gasteiger partial charge on any atom is -0.369 e. The number of halogens is 1. The minimum absolute atomic E-state index is 0.00164. The molecule has 0 aliphatic rings. The Balaban J connectivity index is 3.19. The first-order valence-corrected chi connectivity index (χ1v) is 7.43. The Bertz CT molecular complexity index is 567. The predicted octanol–water partition coefficient (Wildman–Crippen LogP) is 0.206. The number of rotatable bonds is 6. The van der Waals surface area contributed by atoms with Crippen LogP contribution in [0.4, 0.5) is 0 Å². The van der Waals surface area contributed by atoms with Crippen LogP contribution in [0.15, 0.2) is 11.4 Å². The maximum atomic E-state index is 12.4. The molecule has 2 N–H and O–H groups in total. The van der Waals surface area contributed by atoms with Crippen LogP contribution >= 0.6 is 11.6 Å². The Morgan fingerprint density at radius 1 is 1.58 bits per heavy atom. The Morgan fingerprint density at radius 2 is 2.16 bits per heavy atom. The molecule has 1 aromatic rings. The molecule has 108 valence electrons. The van der Waals surface area contributed by atoms with Crippen LogP contribution in [0.3, 0.4) is 0 Å². The highest BCUT2D eigenvalue weighted by Gasteiger charge is 2.31. The SMILES string of the molecule is CC(C)CN(CC(N)=O)S(=O)(=O)c1ncn(C)c1Cl. The second kappa shape index (κ2) is 5.89. The van der Waals surface area contributed by atoms with E-state index >= 15 is 0 Å². The first-order chi connectivity index (χ1) is 8.66. The summed E-state index contributed by atoms with van der Waals surface area (Å²) in [6.07, 6.45) is 1.30. The molecule has 0 bridgehead atoms. The molecule has 0 aliphatic carbocycles. The molecule has 1 aromatic heterocycles. The van der Waals surface area contributed by atoms with Gasteiger partial charge in [-0.05, 0) is 5.92 Å². The Hall–Kier alpha value is -1.12. The summed E-state index contributed by atoms with van der Waals surface area (Å²) in [6.45, 7) is 3.44. The van der Waals surface area contributed by atoms with Crippen LogP contribution in [0.5, 0.6) is 0 Å². The fraction of sp³-hybridized carbons (Fsp3) is 0.600. The lowest BCUT2D eigenvalue weighted by molar-refractivity contribution is -0.118. The van der Waals surface area contributed by atoms with Crippen molar-refractivity contribution in [2.75, 3.05) is 13.1 Å². The number of carbonyl (C=O) groups excluding carboxylic acids is 1. The smallest absolute Gasteiger partial charge is 0.264 e. The molecule has 7 nitrogen and oxygen atoms in total. The molecule has 19 heavy (non-hydrogen) atoms. The maximum absolute atomic E-state index is 12.4. The van der Waals surface area contributed by atoms with Gasteiger partial charge in [0.2, 0.25) is 10.9 Å². The fourth-order valence-corrected chi connectivity index (χ4v) is 3.48. The average Bonchev–Trinajstić information content (AvgIpc) is 2.58. The third-order valence-corrected chi connectivity index (χ3v) is 4.62. The van der Waals surface area contributed by atoms with Crippen molar-refractivity contribution >= 4 is 27.5 Å². The number of carbonyl (C=O) groups is 1. The van der Waals surface area contributed by atoms with Crippen LogP contribution in [0.2, 0.25) is 5.15 Å². The fourth-order valence-electron chi connectivity index (χ4n) is 1.52. The van der Waals surface area contributed by atoms with Crippen molar-refractivity contribution in [2.24, 2.45) is 18.7 Å². The summed E-state index contributed by atoms with van der Waals surface area (Å²) in [6, 6.07) is 0. The summed E-state index contributed by atoms with van der Waals surface area (Å²) < 4.78 is 27.2. The van der Waals surface area contributed by atoms with E-state index in [2.05, 4.69) is 4.98 Å². The van der Waals surface area contributed by atoms with E-state index in [9.17, 15) is 13.2 Å². The number of nitrogens with two attached hydrogens (primary N) is 1. The van der Waals surface area contributed by atoms with Crippen molar-refractivity contribution in [2.45, 2.75) is 18.9 Å². The van der Waals surface area contributed by atoms with Crippen LogP contribution in [0.25, 0.3) is 0 Å². The third kappa shape index (κ3) is 3.68. The van der Waals surface area contributed by atoms with E-state index in [1.54, 1.807) is 7.05 Å². The second-order valence-electron chi connectivity index (χ2n) is 4.61. The van der Waals surface area contributed by atoms with E-state index in [-0.39, 0.29) is 22.6 Å². The zero-order chi connectivity index (χ0) is 14.8. The molecular weight excluding hydrogens is 292 g/mol. The lowest BCUT2D eigenvalue weighted by atomic mass is 10.2. The Kier molecular flexibility index (Phi) is 4.94. The molecule has 0 saturated carbocycles. The van der Waals surface area contributed by atoms with E-state index in [0.717, 1.165) is 4.31 Å². The van der Waals surface area contributed by atoms with Crippen molar-refractivity contribution in [3.8, 4) is 0 Å². The molecule has 0 saturated heterocycles. The van der Waals surface area contributed by atoms with Crippen LogP contribution in [0.1, 0.15) is 13.8 Å². The summed E-state index contributed by atoms with van der Waals surface area (Å²) in [7, 11) is -2.35. The number of amides is 1. The van der Waals surface area contributed by atoms with Crippen molar-refractivity contribution in [3.63, 3.8) is 0 Å². The number of imidazole rings is 1. The lowest BCUT2D eigenvalue weighted by Crippen LogP contribution is -2.40. The predicted molar refractivity (Wildman–Crippen MR) is 71.0 cm³/mol. The molecule has 0 aliphatic heterocycles. The average molecular weight is 309 g/mol. The number of aryl methyl sites for hydroxylation is 1. The number of hydrogen-bond donors (Lipinski definition) is 1. The first kappa shape index (κ1) is 15.9. The molecule has 1 amide bonds. The van der Waals surface area contributed by atoms with Gasteiger partial charge in [-0.2, -0.15) is 4.31 Å². The molecule has 1 rings (SSSR count). The summed E-state index contributed by atoms with van der Waals surface area (Å²) in [5.74, 6) is -0.687. The molecule has 0 radical (unpaired) electrons. The number of hydrogen-bond acceptors (Lipinski definition) is 4. The van der Waals surface area contributed by atoms with E-state index in [1.807, 2.05) is 13.8 Å². The highest BCUT2D eigenvalue weighted by Crippen LogP contribution is 2.23. The van der Waals surface area contributed by atoms with Gasteiger partial charge in [-0.3, -0.25) is 4.79 Å². The summed E-state index contributed by atoms with van der Waals surface area (Å²) in [4.78, 5) is 14.8. The van der Waals surface area contributed by atoms with Crippen LogP contribution in [-0.2, 0) is 21.9 Å². The number of aromatic nitrogens is 2. The topological polar surface area (TPSA) is 98.3 Å². The van der Waals surface area contributed by atoms with E-state index in [4.69, 9.17) is 17.3 Å². The van der Waals surface area contributed by atoms with Gasteiger partial charge in [0.15, 0.2) is 0 Å². The van der Waals surface area contributed by atoms with Crippen LogP contribution < -0.4 is 5.73 Å². The van der Waals surface area contributed by atoms with Crippen molar-refractivity contribution in [1.82, 2.24) is 13.9 Å². The normalized spacial score (nSPS) is 12.3. The minimum atomic E-state index is -3.93. The van der Waals surface area contributed by atoms with Crippen molar-refractivity contribution < 1.29 is 13.2 Å². The quantitative estimate of drug-likeness (QED) is 0.812. The Labute approximate surface area is 117 Å². The zero-order valence-electron chi connectivity index (χ0n) is 11.0. The summed E-state index contributed by atoms with van der Waals surface area (Å²) >= 11 is 5.89. The first-order valence-electron chi connectivity index (χ1n) is 5.61. The molecule has 1 heterocycles. The van der Waals surface area contributed by atoms with Gasteiger partial charge >= 0.3 is 0 Å². The summed E-state index contributed by atoms with van der Waals surface area (Å²) in [5, 5.41) is -0.267. The van der Waals surface area contributed by atoms with Gasteiger partial charge < -0.3 is 10.3 Å². The van der Waals surface area contributed by atoms with Crippen LogP contribution in [-0.4, -0.2) is 41.3 Å². The molecule has 0 aromatic carbocycles. The van der Waals surface area contributed by atoms with Crippen molar-refractivity contribution in [1.29, 1.82) is 0 Å². The Morgan fingerprint density at radius 3 is 2.53 bits per heavy atom. The molecule has 0 spiro atoms. The number of primary amides is 1. The molecule has 0 unspecified atom stereocenters. The van der Waals surface area contributed by atoms with E-state index in [0.29, 0.717) is 0 Å². The van der Waals surface area contributed by atoms with Gasteiger partial charge in [0, 0.05) is 13.6 Å². The molecular formula is C10H17ClN4O3S. The maximum Gasteiger partial charge on any atom is 0.264 e. The lowest BCUT2D eigenvalue weighted by Gasteiger charge is -2.21. The van der Waals surface area contributed by atoms with E-state index < -0.39 is 22.5 Å². The van der Waals surface area contributed by atoms with Gasteiger partial charge in [-0.1, -0.05) is 25.4 Å². The summed E-state index contributed by atoms with van der Waals surface area (Å²) in [5.41, 5.74) is 5.08. The van der Waals surface area contributed by atoms with E-state index in [1.165, 1.54) is 10.9 Å². The largest absolute Gasteiger partial charge is 0.369 e. The number of nitrogens with zero attached hydrogens (tertiary/aromatic N) is 3. The zero-order valence-corrected chi connectivity index (χ0v) is 12.6. The molecule has 9 heteroatoms. The van der Waals surface area contributed by atoms with Crippen molar-refractivity contribution in [3.05, 3.63) is 11.5 Å². The van der Waals surface area contributed by atoms with Gasteiger partial charge in [0.1, 0.15) is 5.15 Å². The second-order valence-corrected chi connectivity index (χ2v) is 6.82. The highest BCUT2D eigenvalue weighted by molar-refractivity contribution is 7.89. The number of sulfonamides is 1. The van der Waals surface area contributed by atoms with Gasteiger partial charge in [-0.25, -0.2) is 13.4 Å². The van der Waals surface area contributed by atoms with Gasteiger partial charge in [0.05, 0.1) is 12.9 Å². The molecule has 0 fully saturated rings. The molecule has 0 atom stereocenters. The van der Waals surface area contributed by atoms with Crippen LogP contribution in [0, 0.1) is 5.92 Å². The van der Waals surface area contributed by atoms with Gasteiger partial charge in [0.25, 0.3) is 10.0 Å². The third-order valence-electron chi connectivity index (χ3n) is 2.32. The monoisotopic (exact) mass is 308 g/mol. The standard InChI is InChI=1S/C10H17ClN4O3S/c1-7(2)4-15(5-8(12)16)19(17,18)10-9(11)14(3)6-13-10/h6-7H,4-5H2,1-3H3,(H2,12,16). The highest BCUT2D eigenvalue weighted by atomic mass is 35.5.